The van der Waals surface area contributed by atoms with E-state index in [4.69, 9.17) is 22.1 Å². The summed E-state index contributed by atoms with van der Waals surface area (Å²) in [6, 6.07) is 0. The number of aromatic nitrogens is 2. The average molecular weight is 202 g/mol. The molecule has 2 heterocycles. The van der Waals surface area contributed by atoms with Crippen molar-refractivity contribution in [3.8, 4) is 0 Å². The zero-order chi connectivity index (χ0) is 9.26. The number of anilines is 1. The summed E-state index contributed by atoms with van der Waals surface area (Å²) in [4.78, 5) is 6.93. The van der Waals surface area contributed by atoms with E-state index >= 15 is 0 Å². The lowest BCUT2D eigenvalue weighted by molar-refractivity contribution is 0.0846. The number of hydrogen-bond donors (Lipinski definition) is 2. The summed E-state index contributed by atoms with van der Waals surface area (Å²) in [5, 5.41) is 0.504. The second-order valence-electron chi connectivity index (χ2n) is 3.21. The Balaban J connectivity index is 2.18. The zero-order valence-corrected chi connectivity index (χ0v) is 7.97. The quantitative estimate of drug-likeness (QED) is 0.725. The van der Waals surface area contributed by atoms with Gasteiger partial charge in [0.15, 0.2) is 11.1 Å². The third-order valence-electron chi connectivity index (χ3n) is 2.33. The maximum absolute atomic E-state index is 5.92. The molecule has 0 aromatic carbocycles. The Morgan fingerprint density at radius 3 is 2.69 bits per heavy atom. The maximum atomic E-state index is 5.92. The Hall–Kier alpha value is -0.740. The Morgan fingerprint density at radius 2 is 2.15 bits per heavy atom. The first-order valence-electron chi connectivity index (χ1n) is 4.36. The fourth-order valence-electron chi connectivity index (χ4n) is 1.64. The first kappa shape index (κ1) is 8.84. The van der Waals surface area contributed by atoms with Gasteiger partial charge in [0.05, 0.1) is 5.69 Å². The molecule has 0 saturated carbocycles. The Bertz CT molecular complexity index is 294. The van der Waals surface area contributed by atoms with Gasteiger partial charge < -0.3 is 15.5 Å². The molecule has 1 aromatic rings. The molecule has 13 heavy (non-hydrogen) atoms. The molecule has 0 radical (unpaired) electrons. The van der Waals surface area contributed by atoms with E-state index < -0.39 is 0 Å². The fraction of sp³-hybridized carbons (Fsp3) is 0.625. The van der Waals surface area contributed by atoms with Gasteiger partial charge in [-0.2, -0.15) is 0 Å². The van der Waals surface area contributed by atoms with Crippen LogP contribution in [0.25, 0.3) is 0 Å². The third-order valence-corrected chi connectivity index (χ3v) is 2.62. The van der Waals surface area contributed by atoms with Gasteiger partial charge in [-0.1, -0.05) is 11.6 Å². The van der Waals surface area contributed by atoms with Crippen molar-refractivity contribution in [2.45, 2.75) is 18.8 Å². The van der Waals surface area contributed by atoms with Crippen LogP contribution in [0.4, 0.5) is 5.95 Å². The van der Waals surface area contributed by atoms with Gasteiger partial charge in [0, 0.05) is 19.1 Å². The Kier molecular flexibility index (Phi) is 2.42. The predicted octanol–water partition coefficient (Wildman–Crippen LogP) is 1.54. The molecule has 0 amide bonds. The molecule has 0 spiro atoms. The average Bonchev–Trinajstić information content (AvgIpc) is 2.47. The van der Waals surface area contributed by atoms with Crippen LogP contribution in [0.15, 0.2) is 0 Å². The Morgan fingerprint density at radius 1 is 1.46 bits per heavy atom. The molecule has 1 aliphatic heterocycles. The van der Waals surface area contributed by atoms with Crippen molar-refractivity contribution >= 4 is 17.5 Å². The number of nitrogens with one attached hydrogen (secondary N) is 1. The summed E-state index contributed by atoms with van der Waals surface area (Å²) in [6.07, 6.45) is 1.97. The van der Waals surface area contributed by atoms with Crippen molar-refractivity contribution < 1.29 is 4.74 Å². The molecular weight excluding hydrogens is 190 g/mol. The number of aromatic amines is 1. The lowest BCUT2D eigenvalue weighted by Gasteiger charge is -2.20. The number of ether oxygens (including phenoxy) is 1. The van der Waals surface area contributed by atoms with Crippen LogP contribution >= 0.6 is 11.6 Å². The van der Waals surface area contributed by atoms with E-state index in [-0.39, 0.29) is 0 Å². The highest BCUT2D eigenvalue weighted by atomic mass is 35.5. The third kappa shape index (κ3) is 1.78. The van der Waals surface area contributed by atoms with Crippen LogP contribution in [0.1, 0.15) is 24.5 Å². The number of nitrogens with two attached hydrogens (primary N) is 1. The molecule has 1 fully saturated rings. The van der Waals surface area contributed by atoms with Crippen molar-refractivity contribution in [3.05, 3.63) is 10.8 Å². The van der Waals surface area contributed by atoms with Gasteiger partial charge in [-0.3, -0.25) is 0 Å². The summed E-state index contributed by atoms with van der Waals surface area (Å²) >= 11 is 5.92. The number of nitrogens with zero attached hydrogens (tertiary/aromatic N) is 1. The molecule has 72 valence electrons. The summed E-state index contributed by atoms with van der Waals surface area (Å²) in [6.45, 7) is 1.58. The molecule has 3 N–H and O–H groups in total. The topological polar surface area (TPSA) is 63.9 Å². The molecule has 2 rings (SSSR count). The molecule has 1 aliphatic rings. The number of imidazole rings is 1. The van der Waals surface area contributed by atoms with E-state index in [0.29, 0.717) is 17.0 Å². The normalized spacial score (nSPS) is 19.2. The number of hydrogen-bond acceptors (Lipinski definition) is 3. The fourth-order valence-corrected chi connectivity index (χ4v) is 1.93. The smallest absolute Gasteiger partial charge is 0.199 e. The van der Waals surface area contributed by atoms with Crippen LogP contribution in [-0.2, 0) is 4.74 Å². The summed E-state index contributed by atoms with van der Waals surface area (Å²) < 4.78 is 5.26. The minimum atomic E-state index is 0.395. The molecule has 1 saturated heterocycles. The van der Waals surface area contributed by atoms with Crippen molar-refractivity contribution in [3.63, 3.8) is 0 Å². The number of halogens is 1. The number of H-pyrrole nitrogens is 1. The van der Waals surface area contributed by atoms with Gasteiger partial charge >= 0.3 is 0 Å². The van der Waals surface area contributed by atoms with Gasteiger partial charge in [0.25, 0.3) is 0 Å². The molecular formula is C8H12ClN3O. The highest BCUT2D eigenvalue weighted by molar-refractivity contribution is 6.30. The molecule has 0 aliphatic carbocycles. The van der Waals surface area contributed by atoms with E-state index in [1.165, 1.54) is 0 Å². The van der Waals surface area contributed by atoms with Crippen molar-refractivity contribution in [2.75, 3.05) is 18.9 Å². The Labute approximate surface area is 81.4 Å². The molecule has 0 unspecified atom stereocenters. The van der Waals surface area contributed by atoms with Crippen LogP contribution in [-0.4, -0.2) is 23.2 Å². The summed E-state index contributed by atoms with van der Waals surface area (Å²) in [5.41, 5.74) is 6.46. The predicted molar refractivity (Wildman–Crippen MR) is 50.8 cm³/mol. The first-order valence-corrected chi connectivity index (χ1v) is 4.74. The van der Waals surface area contributed by atoms with E-state index in [1.807, 2.05) is 0 Å². The second-order valence-corrected chi connectivity index (χ2v) is 3.57. The second kappa shape index (κ2) is 3.55. The molecule has 0 atom stereocenters. The van der Waals surface area contributed by atoms with Crippen LogP contribution < -0.4 is 5.73 Å². The monoisotopic (exact) mass is 201 g/mol. The lowest BCUT2D eigenvalue weighted by Crippen LogP contribution is -2.14. The van der Waals surface area contributed by atoms with Gasteiger partial charge in [-0.25, -0.2) is 4.98 Å². The van der Waals surface area contributed by atoms with Crippen LogP contribution in [0.5, 0.6) is 0 Å². The van der Waals surface area contributed by atoms with Crippen molar-refractivity contribution in [1.29, 1.82) is 0 Å². The maximum Gasteiger partial charge on any atom is 0.199 e. The van der Waals surface area contributed by atoms with E-state index in [1.54, 1.807) is 0 Å². The van der Waals surface area contributed by atoms with E-state index in [0.717, 1.165) is 31.7 Å². The van der Waals surface area contributed by atoms with Gasteiger partial charge in [0.1, 0.15) is 0 Å². The minimum absolute atomic E-state index is 0.395. The van der Waals surface area contributed by atoms with Crippen molar-refractivity contribution in [2.24, 2.45) is 0 Å². The lowest BCUT2D eigenvalue weighted by atomic mass is 9.97. The molecule has 5 heteroatoms. The highest BCUT2D eigenvalue weighted by Gasteiger charge is 2.20. The summed E-state index contributed by atoms with van der Waals surface area (Å²) in [5.74, 6) is 0.817. The molecule has 4 nitrogen and oxygen atoms in total. The largest absolute Gasteiger partial charge is 0.381 e. The highest BCUT2D eigenvalue weighted by Crippen LogP contribution is 2.30. The summed E-state index contributed by atoms with van der Waals surface area (Å²) in [7, 11) is 0. The van der Waals surface area contributed by atoms with Crippen LogP contribution in [0.2, 0.25) is 5.15 Å². The number of nitrogen functional groups attached to an aromatic ring is 1. The molecule has 1 aromatic heterocycles. The van der Waals surface area contributed by atoms with Gasteiger partial charge in [0.2, 0.25) is 0 Å². The first-order chi connectivity index (χ1) is 6.27. The van der Waals surface area contributed by atoms with E-state index in [2.05, 4.69) is 9.97 Å². The van der Waals surface area contributed by atoms with Gasteiger partial charge in [-0.15, -0.1) is 0 Å². The SMILES string of the molecule is Nc1nc(Cl)c(C2CCOCC2)[nH]1. The number of rotatable bonds is 1. The van der Waals surface area contributed by atoms with E-state index in [9.17, 15) is 0 Å². The zero-order valence-electron chi connectivity index (χ0n) is 7.22. The van der Waals surface area contributed by atoms with Crippen LogP contribution in [0.3, 0.4) is 0 Å². The van der Waals surface area contributed by atoms with Crippen molar-refractivity contribution in [1.82, 2.24) is 9.97 Å². The standard InChI is InChI=1S/C8H12ClN3O/c9-7-6(11-8(10)12-7)5-1-3-13-4-2-5/h5H,1-4H2,(H3,10,11,12). The van der Waals surface area contributed by atoms with Gasteiger partial charge in [-0.05, 0) is 12.8 Å². The molecule has 0 bridgehead atoms. The minimum Gasteiger partial charge on any atom is -0.381 e. The van der Waals surface area contributed by atoms with Crippen LogP contribution in [0, 0.1) is 0 Å².